The second-order valence-electron chi connectivity index (χ2n) is 4.59. The van der Waals surface area contributed by atoms with E-state index in [1.807, 2.05) is 0 Å². The molecular formula is C13H19BrN2O. The molecule has 17 heavy (non-hydrogen) atoms. The number of nitrogens with zero attached hydrogens (tertiary/aromatic N) is 1. The Morgan fingerprint density at radius 3 is 3.00 bits per heavy atom. The number of rotatable bonds is 4. The fourth-order valence-electron chi connectivity index (χ4n) is 2.50. The lowest BCUT2D eigenvalue weighted by molar-refractivity contribution is 0.263. The van der Waals surface area contributed by atoms with E-state index in [2.05, 4.69) is 39.0 Å². The van der Waals surface area contributed by atoms with Gasteiger partial charge in [0.05, 0.1) is 0 Å². The number of aliphatic hydroxyl groups excluding tert-OH is 1. The van der Waals surface area contributed by atoms with Gasteiger partial charge in [0.15, 0.2) is 0 Å². The quantitative estimate of drug-likeness (QED) is 0.895. The lowest BCUT2D eigenvalue weighted by Gasteiger charge is -2.22. The van der Waals surface area contributed by atoms with Crippen LogP contribution in [0.5, 0.6) is 0 Å². The molecule has 1 unspecified atom stereocenters. The Balaban J connectivity index is 2.12. The monoisotopic (exact) mass is 298 g/mol. The Hall–Kier alpha value is -0.580. The molecule has 4 heteroatoms. The first-order valence-electron chi connectivity index (χ1n) is 6.09. The van der Waals surface area contributed by atoms with Crippen molar-refractivity contribution in [3.8, 4) is 0 Å². The first kappa shape index (κ1) is 12.9. The molecule has 0 aromatic heterocycles. The number of aliphatic hydroxyl groups is 1. The van der Waals surface area contributed by atoms with Crippen LogP contribution in [0, 0.1) is 5.92 Å². The highest BCUT2D eigenvalue weighted by atomic mass is 79.9. The van der Waals surface area contributed by atoms with Crippen LogP contribution >= 0.6 is 15.9 Å². The Bertz CT molecular complexity index is 384. The minimum absolute atomic E-state index is 0.294. The van der Waals surface area contributed by atoms with Gasteiger partial charge >= 0.3 is 0 Å². The van der Waals surface area contributed by atoms with Gasteiger partial charge in [0.25, 0.3) is 0 Å². The smallest absolute Gasteiger partial charge is 0.0434 e. The highest BCUT2D eigenvalue weighted by Gasteiger charge is 2.23. The summed E-state index contributed by atoms with van der Waals surface area (Å²) in [7, 11) is 0. The fourth-order valence-corrected chi connectivity index (χ4v) is 2.90. The van der Waals surface area contributed by atoms with Crippen LogP contribution in [0.2, 0.25) is 0 Å². The number of hydrogen-bond acceptors (Lipinski definition) is 3. The Morgan fingerprint density at radius 2 is 2.29 bits per heavy atom. The van der Waals surface area contributed by atoms with Crippen molar-refractivity contribution < 1.29 is 5.11 Å². The third-order valence-electron chi connectivity index (χ3n) is 3.43. The van der Waals surface area contributed by atoms with E-state index in [0.29, 0.717) is 19.1 Å². The van der Waals surface area contributed by atoms with Gasteiger partial charge in [-0.15, -0.1) is 0 Å². The van der Waals surface area contributed by atoms with Gasteiger partial charge < -0.3 is 15.7 Å². The summed E-state index contributed by atoms with van der Waals surface area (Å²) in [6.07, 6.45) is 2.08. The lowest BCUT2D eigenvalue weighted by Crippen LogP contribution is -2.22. The van der Waals surface area contributed by atoms with Crippen molar-refractivity contribution in [2.45, 2.75) is 19.4 Å². The maximum atomic E-state index is 8.98. The van der Waals surface area contributed by atoms with E-state index < -0.39 is 0 Å². The van der Waals surface area contributed by atoms with Gasteiger partial charge in [-0.05, 0) is 42.5 Å². The highest BCUT2D eigenvalue weighted by molar-refractivity contribution is 9.10. The molecule has 0 spiro atoms. The molecule has 1 saturated heterocycles. The largest absolute Gasteiger partial charge is 0.396 e. The van der Waals surface area contributed by atoms with E-state index in [-0.39, 0.29) is 0 Å². The van der Waals surface area contributed by atoms with Gasteiger partial charge in [0.1, 0.15) is 0 Å². The molecule has 0 saturated carbocycles. The topological polar surface area (TPSA) is 49.5 Å². The summed E-state index contributed by atoms with van der Waals surface area (Å²) >= 11 is 3.48. The second kappa shape index (κ2) is 5.85. The van der Waals surface area contributed by atoms with Crippen LogP contribution in [0.1, 0.15) is 18.4 Å². The average Bonchev–Trinajstić information content (AvgIpc) is 2.78. The van der Waals surface area contributed by atoms with E-state index >= 15 is 0 Å². The van der Waals surface area contributed by atoms with Crippen molar-refractivity contribution in [3.63, 3.8) is 0 Å². The molecule has 94 valence electrons. The van der Waals surface area contributed by atoms with Crippen molar-refractivity contribution in [1.29, 1.82) is 0 Å². The minimum Gasteiger partial charge on any atom is -0.396 e. The van der Waals surface area contributed by atoms with Crippen molar-refractivity contribution in [3.05, 3.63) is 28.2 Å². The van der Waals surface area contributed by atoms with E-state index in [4.69, 9.17) is 10.8 Å². The van der Waals surface area contributed by atoms with Crippen LogP contribution in [-0.2, 0) is 6.54 Å². The maximum Gasteiger partial charge on any atom is 0.0434 e. The van der Waals surface area contributed by atoms with E-state index in [9.17, 15) is 0 Å². The molecule has 3 N–H and O–H groups in total. The summed E-state index contributed by atoms with van der Waals surface area (Å²) in [5.41, 5.74) is 8.22. The molecule has 1 fully saturated rings. The molecule has 0 radical (unpaired) electrons. The molecular weight excluding hydrogens is 280 g/mol. The SMILES string of the molecule is NCc1cc(Br)ccc1N1CCC(CCO)C1. The van der Waals surface area contributed by atoms with Crippen molar-refractivity contribution in [2.24, 2.45) is 11.7 Å². The van der Waals surface area contributed by atoms with E-state index in [0.717, 1.165) is 24.0 Å². The zero-order valence-corrected chi connectivity index (χ0v) is 11.5. The summed E-state index contributed by atoms with van der Waals surface area (Å²) in [4.78, 5) is 2.38. The molecule has 1 aromatic carbocycles. The average molecular weight is 299 g/mol. The van der Waals surface area contributed by atoms with Crippen LogP contribution in [0.3, 0.4) is 0 Å². The predicted molar refractivity (Wildman–Crippen MR) is 74.1 cm³/mol. The van der Waals surface area contributed by atoms with Gasteiger partial charge in [-0.3, -0.25) is 0 Å². The van der Waals surface area contributed by atoms with Gasteiger partial charge in [0.2, 0.25) is 0 Å². The van der Waals surface area contributed by atoms with Gasteiger partial charge in [-0.25, -0.2) is 0 Å². The zero-order chi connectivity index (χ0) is 12.3. The molecule has 2 rings (SSSR count). The normalized spacial score (nSPS) is 19.9. The van der Waals surface area contributed by atoms with Crippen LogP contribution in [0.4, 0.5) is 5.69 Å². The second-order valence-corrected chi connectivity index (χ2v) is 5.51. The molecule has 1 aliphatic heterocycles. The van der Waals surface area contributed by atoms with Gasteiger partial charge in [-0.2, -0.15) is 0 Å². The van der Waals surface area contributed by atoms with Crippen molar-refractivity contribution in [2.75, 3.05) is 24.6 Å². The Kier molecular flexibility index (Phi) is 4.42. The number of hydrogen-bond donors (Lipinski definition) is 2. The third-order valence-corrected chi connectivity index (χ3v) is 3.92. The van der Waals surface area contributed by atoms with Crippen LogP contribution in [-0.4, -0.2) is 24.8 Å². The third kappa shape index (κ3) is 3.00. The molecule has 0 bridgehead atoms. The van der Waals surface area contributed by atoms with Gasteiger partial charge in [-0.1, -0.05) is 15.9 Å². The molecule has 3 nitrogen and oxygen atoms in total. The summed E-state index contributed by atoms with van der Waals surface area (Å²) < 4.78 is 1.08. The molecule has 1 heterocycles. The highest BCUT2D eigenvalue weighted by Crippen LogP contribution is 2.30. The predicted octanol–water partition coefficient (Wildman–Crippen LogP) is 2.12. The molecule has 1 aliphatic rings. The summed E-state index contributed by atoms with van der Waals surface area (Å²) in [5, 5.41) is 8.98. The Morgan fingerprint density at radius 1 is 1.47 bits per heavy atom. The fraction of sp³-hybridized carbons (Fsp3) is 0.538. The molecule has 0 aliphatic carbocycles. The molecule has 1 aromatic rings. The minimum atomic E-state index is 0.294. The van der Waals surface area contributed by atoms with Crippen LogP contribution in [0.15, 0.2) is 22.7 Å². The number of halogens is 1. The first-order valence-corrected chi connectivity index (χ1v) is 6.88. The number of anilines is 1. The molecule has 1 atom stereocenters. The summed E-state index contributed by atoms with van der Waals surface area (Å²) in [6, 6.07) is 6.29. The summed E-state index contributed by atoms with van der Waals surface area (Å²) in [5.74, 6) is 0.620. The lowest BCUT2D eigenvalue weighted by atomic mass is 10.1. The van der Waals surface area contributed by atoms with Crippen molar-refractivity contribution >= 4 is 21.6 Å². The van der Waals surface area contributed by atoms with Crippen LogP contribution in [0.25, 0.3) is 0 Å². The zero-order valence-electron chi connectivity index (χ0n) is 9.90. The standard InChI is InChI=1S/C13H19BrN2O/c14-12-1-2-13(11(7-12)8-15)16-5-3-10(9-16)4-6-17/h1-2,7,10,17H,3-6,8-9,15H2. The molecule has 0 amide bonds. The first-order chi connectivity index (χ1) is 8.24. The number of nitrogens with two attached hydrogens (primary N) is 1. The van der Waals surface area contributed by atoms with Gasteiger partial charge in [0, 0.05) is 36.4 Å². The van der Waals surface area contributed by atoms with Crippen LogP contribution < -0.4 is 10.6 Å². The maximum absolute atomic E-state index is 8.98. The van der Waals surface area contributed by atoms with E-state index in [1.165, 1.54) is 17.7 Å². The summed E-state index contributed by atoms with van der Waals surface area (Å²) in [6.45, 7) is 2.97. The van der Waals surface area contributed by atoms with E-state index in [1.54, 1.807) is 0 Å². The Labute approximate surface area is 111 Å². The number of benzene rings is 1. The van der Waals surface area contributed by atoms with Crippen molar-refractivity contribution in [1.82, 2.24) is 0 Å².